The van der Waals surface area contributed by atoms with Crippen LogP contribution in [0.4, 0.5) is 4.39 Å². The van der Waals surface area contributed by atoms with Gasteiger partial charge >= 0.3 is 0 Å². The Morgan fingerprint density at radius 2 is 2.09 bits per heavy atom. The normalized spacial score (nSPS) is 14.1. The summed E-state index contributed by atoms with van der Waals surface area (Å²) in [6, 6.07) is 10.6. The van der Waals surface area contributed by atoms with Crippen molar-refractivity contribution in [1.29, 1.82) is 0 Å². The first kappa shape index (κ1) is 15.0. The molecule has 3 rings (SSSR count). The molecule has 2 nitrogen and oxygen atoms in total. The third kappa shape index (κ3) is 3.28. The molecule has 112 valence electrons. The minimum atomic E-state index is -0.383. The third-order valence-electron chi connectivity index (χ3n) is 4.23. The summed E-state index contributed by atoms with van der Waals surface area (Å²) >= 11 is 0. The van der Waals surface area contributed by atoms with E-state index in [9.17, 15) is 9.18 Å². The van der Waals surface area contributed by atoms with E-state index in [4.69, 9.17) is 0 Å². The van der Waals surface area contributed by atoms with Crippen LogP contribution in [0.25, 0.3) is 0 Å². The van der Waals surface area contributed by atoms with Crippen LogP contribution in [0.5, 0.6) is 0 Å². The fourth-order valence-corrected chi connectivity index (χ4v) is 2.61. The van der Waals surface area contributed by atoms with Gasteiger partial charge in [0.1, 0.15) is 13.7 Å². The zero-order chi connectivity index (χ0) is 15.7. The molecule has 0 amide bonds. The number of rotatable bonds is 5. The summed E-state index contributed by atoms with van der Waals surface area (Å²) in [7, 11) is 2.01. The van der Waals surface area contributed by atoms with Gasteiger partial charge < -0.3 is 5.32 Å². The van der Waals surface area contributed by atoms with E-state index < -0.39 is 0 Å². The van der Waals surface area contributed by atoms with Gasteiger partial charge in [-0.25, -0.2) is 4.39 Å². The van der Waals surface area contributed by atoms with Crippen molar-refractivity contribution in [2.45, 2.75) is 32.4 Å². The second-order valence-electron chi connectivity index (χ2n) is 6.08. The van der Waals surface area contributed by atoms with Crippen molar-refractivity contribution in [1.82, 2.24) is 5.32 Å². The highest BCUT2D eigenvalue weighted by atomic mass is 19.1. The molecule has 2 aromatic carbocycles. The summed E-state index contributed by atoms with van der Waals surface area (Å²) in [5, 5.41) is 3.46. The predicted molar refractivity (Wildman–Crippen MR) is 89.1 cm³/mol. The van der Waals surface area contributed by atoms with Crippen molar-refractivity contribution < 1.29 is 9.18 Å². The third-order valence-corrected chi connectivity index (χ3v) is 4.23. The van der Waals surface area contributed by atoms with Gasteiger partial charge in [0, 0.05) is 23.7 Å². The second-order valence-corrected chi connectivity index (χ2v) is 6.08. The van der Waals surface area contributed by atoms with Crippen LogP contribution in [0.2, 0.25) is 0 Å². The number of nitrogens with one attached hydrogen (secondary N) is 1. The lowest BCUT2D eigenvalue weighted by molar-refractivity contribution is 0.103. The molecular weight excluding hydrogens is 276 g/mol. The van der Waals surface area contributed by atoms with Crippen molar-refractivity contribution >= 4 is 19.1 Å². The van der Waals surface area contributed by atoms with Gasteiger partial charge in [-0.1, -0.05) is 23.7 Å². The summed E-state index contributed by atoms with van der Waals surface area (Å²) in [6.07, 6.45) is 2.47. The van der Waals surface area contributed by atoms with Gasteiger partial charge in [0.25, 0.3) is 0 Å². The van der Waals surface area contributed by atoms with Crippen LogP contribution in [-0.4, -0.2) is 19.7 Å². The molecule has 0 heterocycles. The quantitative estimate of drug-likeness (QED) is 0.674. The van der Waals surface area contributed by atoms with Gasteiger partial charge in [0.05, 0.1) is 0 Å². The molecule has 0 unspecified atom stereocenters. The maximum atomic E-state index is 13.4. The summed E-state index contributed by atoms with van der Waals surface area (Å²) in [4.78, 5) is 12.7. The summed E-state index contributed by atoms with van der Waals surface area (Å²) in [6.45, 7) is 2.72. The first-order chi connectivity index (χ1) is 10.5. The Labute approximate surface area is 131 Å². The highest BCUT2D eigenvalue weighted by molar-refractivity contribution is 6.34. The molecular formula is C18H19BFNO. The van der Waals surface area contributed by atoms with Crippen molar-refractivity contribution in [3.63, 3.8) is 0 Å². The van der Waals surface area contributed by atoms with Crippen molar-refractivity contribution in [3.8, 4) is 0 Å². The molecule has 1 aliphatic carbocycles. The lowest BCUT2D eigenvalue weighted by atomic mass is 9.84. The van der Waals surface area contributed by atoms with Crippen LogP contribution in [-0.2, 0) is 6.54 Å². The number of carbonyl (C=O) groups excluding carboxylic acids is 1. The minimum Gasteiger partial charge on any atom is -0.310 e. The van der Waals surface area contributed by atoms with E-state index in [1.165, 1.54) is 25.0 Å². The minimum absolute atomic E-state index is 0.117. The average molecular weight is 295 g/mol. The molecule has 0 atom stereocenters. The molecule has 1 N–H and O–H groups in total. The molecule has 1 saturated carbocycles. The zero-order valence-electron chi connectivity index (χ0n) is 12.9. The Morgan fingerprint density at radius 1 is 1.32 bits per heavy atom. The Balaban J connectivity index is 1.92. The van der Waals surface area contributed by atoms with E-state index in [1.54, 1.807) is 12.1 Å². The molecule has 0 spiro atoms. The summed E-state index contributed by atoms with van der Waals surface area (Å²) in [5.41, 5.74) is 4.22. The van der Waals surface area contributed by atoms with Gasteiger partial charge in [-0.3, -0.25) is 4.79 Å². The van der Waals surface area contributed by atoms with E-state index in [-0.39, 0.29) is 11.6 Å². The smallest absolute Gasteiger partial charge is 0.193 e. The largest absolute Gasteiger partial charge is 0.310 e. The summed E-state index contributed by atoms with van der Waals surface area (Å²) < 4.78 is 13.4. The van der Waals surface area contributed by atoms with Crippen molar-refractivity contribution in [2.75, 3.05) is 0 Å². The Bertz CT molecular complexity index is 725. The predicted octanol–water partition coefficient (Wildman–Crippen LogP) is 1.88. The number of halogens is 1. The van der Waals surface area contributed by atoms with E-state index in [2.05, 4.69) is 11.4 Å². The van der Waals surface area contributed by atoms with E-state index in [0.717, 1.165) is 23.1 Å². The average Bonchev–Trinajstić information content (AvgIpc) is 3.32. The topological polar surface area (TPSA) is 29.1 Å². The van der Waals surface area contributed by atoms with Gasteiger partial charge in [0.15, 0.2) is 5.78 Å². The van der Waals surface area contributed by atoms with E-state index >= 15 is 0 Å². The maximum Gasteiger partial charge on any atom is 0.193 e. The molecule has 22 heavy (non-hydrogen) atoms. The number of hydrogen-bond acceptors (Lipinski definition) is 2. The van der Waals surface area contributed by atoms with Crippen LogP contribution < -0.4 is 10.8 Å². The lowest BCUT2D eigenvalue weighted by Crippen LogP contribution is -2.20. The number of benzene rings is 2. The van der Waals surface area contributed by atoms with Gasteiger partial charge in [-0.05, 0) is 49.1 Å². The van der Waals surface area contributed by atoms with E-state index in [0.29, 0.717) is 17.2 Å². The fourth-order valence-electron chi connectivity index (χ4n) is 2.61. The highest BCUT2D eigenvalue weighted by Gasteiger charge is 2.20. The first-order valence-electron chi connectivity index (χ1n) is 7.68. The molecule has 0 bridgehead atoms. The van der Waals surface area contributed by atoms with Crippen LogP contribution in [0.3, 0.4) is 0 Å². The Morgan fingerprint density at radius 3 is 2.77 bits per heavy atom. The van der Waals surface area contributed by atoms with Gasteiger partial charge in [0.2, 0.25) is 0 Å². The lowest BCUT2D eigenvalue weighted by Gasteiger charge is -2.12. The van der Waals surface area contributed by atoms with Crippen LogP contribution in [0, 0.1) is 12.7 Å². The van der Waals surface area contributed by atoms with Crippen LogP contribution >= 0.6 is 0 Å². The fraction of sp³-hybridized carbons (Fsp3) is 0.278. The van der Waals surface area contributed by atoms with Gasteiger partial charge in [-0.15, -0.1) is 0 Å². The standard InChI is InChI=1S/C18H19BFNO/c1-11-16(18(22)13-3-2-4-14(20)9-13)7-12(8-17(11)19)10-21-15-5-6-15/h2-4,7-9,15,21H,5-6,10,19H2,1H3. The molecule has 2 aromatic rings. The SMILES string of the molecule is Bc1cc(CNC2CC2)cc(C(=O)c2cccc(F)c2)c1C. The molecule has 0 aliphatic heterocycles. The second kappa shape index (κ2) is 6.05. The van der Waals surface area contributed by atoms with Crippen LogP contribution in [0.1, 0.15) is 39.9 Å². The monoisotopic (exact) mass is 295 g/mol. The molecule has 0 saturated heterocycles. The van der Waals surface area contributed by atoms with E-state index in [1.807, 2.05) is 20.8 Å². The molecule has 1 fully saturated rings. The number of carbonyl (C=O) groups is 1. The zero-order valence-corrected chi connectivity index (χ0v) is 12.9. The molecule has 0 aromatic heterocycles. The molecule has 0 radical (unpaired) electrons. The van der Waals surface area contributed by atoms with Crippen LogP contribution in [0.15, 0.2) is 36.4 Å². The number of ketones is 1. The molecule has 4 heteroatoms. The summed E-state index contributed by atoms with van der Waals surface area (Å²) in [5.74, 6) is -0.500. The maximum absolute atomic E-state index is 13.4. The van der Waals surface area contributed by atoms with Gasteiger partial charge in [-0.2, -0.15) is 0 Å². The van der Waals surface area contributed by atoms with Crippen molar-refractivity contribution in [2.24, 2.45) is 0 Å². The number of hydrogen-bond donors (Lipinski definition) is 1. The van der Waals surface area contributed by atoms with Crippen molar-refractivity contribution in [3.05, 3.63) is 64.5 Å². The first-order valence-corrected chi connectivity index (χ1v) is 7.68. The Kier molecular flexibility index (Phi) is 4.12. The highest BCUT2D eigenvalue weighted by Crippen LogP contribution is 2.20. The molecule has 1 aliphatic rings. The Hall–Kier alpha value is -1.94.